The number of carboxylic acid groups (broad SMARTS) is 1. The minimum Gasteiger partial charge on any atom is -0.481 e. The summed E-state index contributed by atoms with van der Waals surface area (Å²) in [5.41, 5.74) is 1.90. The summed E-state index contributed by atoms with van der Waals surface area (Å²) in [6, 6.07) is 7.64. The van der Waals surface area contributed by atoms with Gasteiger partial charge in [-0.1, -0.05) is 24.3 Å². The fourth-order valence-corrected chi connectivity index (χ4v) is 2.29. The molecule has 2 rings (SSSR count). The molecule has 2 atom stereocenters. The smallest absolute Gasteiger partial charge is 0.313 e. The first-order valence-electron chi connectivity index (χ1n) is 5.60. The van der Waals surface area contributed by atoms with Crippen LogP contribution in [-0.4, -0.2) is 23.8 Å². The van der Waals surface area contributed by atoms with Crippen LogP contribution < -0.4 is 0 Å². The van der Waals surface area contributed by atoms with E-state index in [2.05, 4.69) is 0 Å². The van der Waals surface area contributed by atoms with Crippen molar-refractivity contribution in [2.75, 3.05) is 6.61 Å². The number of aliphatic carboxylic acids is 1. The van der Waals surface area contributed by atoms with Gasteiger partial charge in [0.2, 0.25) is 0 Å². The number of hydrogen-bond acceptors (Lipinski definition) is 2. The molecule has 16 heavy (non-hydrogen) atoms. The molecule has 0 aromatic heterocycles. The van der Waals surface area contributed by atoms with Crippen LogP contribution in [0.3, 0.4) is 0 Å². The Kier molecular flexibility index (Phi) is 3.25. The van der Waals surface area contributed by atoms with E-state index in [1.165, 1.54) is 0 Å². The Balaban J connectivity index is 2.32. The minimum atomic E-state index is -0.791. The molecule has 2 unspecified atom stereocenters. The summed E-state index contributed by atoms with van der Waals surface area (Å²) in [4.78, 5) is 11.4. The lowest BCUT2D eigenvalue weighted by Crippen LogP contribution is -2.26. The number of benzene rings is 1. The van der Waals surface area contributed by atoms with E-state index in [0.717, 1.165) is 24.0 Å². The standard InChI is InChI=1S/C13H16O3/c1-9-5-2-3-6-10(9)12(13(14)15)11-7-4-8-16-11/h2-3,5-6,11-12H,4,7-8H2,1H3,(H,14,15). The highest BCUT2D eigenvalue weighted by Crippen LogP contribution is 2.30. The second-order valence-corrected chi connectivity index (χ2v) is 4.22. The second-order valence-electron chi connectivity index (χ2n) is 4.22. The van der Waals surface area contributed by atoms with Crippen LogP contribution in [0, 0.1) is 6.92 Å². The first kappa shape index (κ1) is 11.1. The molecule has 3 heteroatoms. The molecule has 3 nitrogen and oxygen atoms in total. The molecular weight excluding hydrogens is 204 g/mol. The van der Waals surface area contributed by atoms with Gasteiger partial charge in [-0.2, -0.15) is 0 Å². The van der Waals surface area contributed by atoms with Gasteiger partial charge in [-0.3, -0.25) is 4.79 Å². The van der Waals surface area contributed by atoms with Gasteiger partial charge in [-0.15, -0.1) is 0 Å². The average Bonchev–Trinajstić information content (AvgIpc) is 2.74. The maximum atomic E-state index is 11.4. The van der Waals surface area contributed by atoms with Crippen molar-refractivity contribution < 1.29 is 14.6 Å². The quantitative estimate of drug-likeness (QED) is 0.850. The van der Waals surface area contributed by atoms with Crippen molar-refractivity contribution in [1.82, 2.24) is 0 Å². The third-order valence-corrected chi connectivity index (χ3v) is 3.13. The Morgan fingerprint density at radius 2 is 2.25 bits per heavy atom. The van der Waals surface area contributed by atoms with E-state index in [1.54, 1.807) is 0 Å². The lowest BCUT2D eigenvalue weighted by Gasteiger charge is -2.20. The highest BCUT2D eigenvalue weighted by atomic mass is 16.5. The number of hydrogen-bond donors (Lipinski definition) is 1. The van der Waals surface area contributed by atoms with Gasteiger partial charge >= 0.3 is 5.97 Å². The minimum absolute atomic E-state index is 0.168. The van der Waals surface area contributed by atoms with Crippen molar-refractivity contribution >= 4 is 5.97 Å². The van der Waals surface area contributed by atoms with Crippen LogP contribution in [0.2, 0.25) is 0 Å². The zero-order chi connectivity index (χ0) is 11.5. The SMILES string of the molecule is Cc1ccccc1C(C(=O)O)C1CCCO1. The van der Waals surface area contributed by atoms with E-state index in [9.17, 15) is 9.90 Å². The molecule has 86 valence electrons. The molecule has 0 aliphatic carbocycles. The van der Waals surface area contributed by atoms with Crippen LogP contribution in [0.15, 0.2) is 24.3 Å². The van der Waals surface area contributed by atoms with Crippen molar-refractivity contribution in [2.45, 2.75) is 31.8 Å². The van der Waals surface area contributed by atoms with Crippen LogP contribution in [0.1, 0.15) is 29.9 Å². The predicted molar refractivity (Wildman–Crippen MR) is 60.5 cm³/mol. The molecule has 1 saturated heterocycles. The molecular formula is C13H16O3. The fraction of sp³-hybridized carbons (Fsp3) is 0.462. The van der Waals surface area contributed by atoms with Gasteiger partial charge in [-0.25, -0.2) is 0 Å². The van der Waals surface area contributed by atoms with Gasteiger partial charge in [0, 0.05) is 6.61 Å². The van der Waals surface area contributed by atoms with Crippen LogP contribution >= 0.6 is 0 Å². The molecule has 1 fully saturated rings. The first-order chi connectivity index (χ1) is 7.70. The zero-order valence-electron chi connectivity index (χ0n) is 9.35. The van der Waals surface area contributed by atoms with Crippen molar-refractivity contribution in [1.29, 1.82) is 0 Å². The monoisotopic (exact) mass is 220 g/mol. The summed E-state index contributed by atoms with van der Waals surface area (Å²) < 4.78 is 5.50. The molecule has 1 aliphatic rings. The summed E-state index contributed by atoms with van der Waals surface area (Å²) >= 11 is 0. The molecule has 0 bridgehead atoms. The third-order valence-electron chi connectivity index (χ3n) is 3.13. The van der Waals surface area contributed by atoms with Gasteiger partial charge in [-0.05, 0) is 30.9 Å². The zero-order valence-corrected chi connectivity index (χ0v) is 9.35. The van der Waals surface area contributed by atoms with E-state index in [4.69, 9.17) is 4.74 Å². The highest BCUT2D eigenvalue weighted by molar-refractivity contribution is 5.77. The third kappa shape index (κ3) is 2.09. The molecule has 1 aromatic carbocycles. The van der Waals surface area contributed by atoms with Gasteiger partial charge in [0.25, 0.3) is 0 Å². The Morgan fingerprint density at radius 3 is 2.81 bits per heavy atom. The maximum Gasteiger partial charge on any atom is 0.313 e. The summed E-state index contributed by atoms with van der Waals surface area (Å²) in [7, 11) is 0. The van der Waals surface area contributed by atoms with E-state index in [0.29, 0.717) is 6.61 Å². The van der Waals surface area contributed by atoms with Crippen molar-refractivity contribution in [2.24, 2.45) is 0 Å². The van der Waals surface area contributed by atoms with Crippen LogP contribution in [-0.2, 0) is 9.53 Å². The molecule has 1 heterocycles. The van der Waals surface area contributed by atoms with E-state index in [-0.39, 0.29) is 6.10 Å². The Hall–Kier alpha value is -1.35. The molecule has 1 aromatic rings. The number of aryl methyl sites for hydroxylation is 1. The van der Waals surface area contributed by atoms with Gasteiger partial charge in [0.1, 0.15) is 5.92 Å². The van der Waals surface area contributed by atoms with Crippen molar-refractivity contribution in [3.05, 3.63) is 35.4 Å². The Labute approximate surface area is 95.0 Å². The van der Waals surface area contributed by atoms with Gasteiger partial charge < -0.3 is 9.84 Å². The van der Waals surface area contributed by atoms with E-state index < -0.39 is 11.9 Å². The van der Waals surface area contributed by atoms with Crippen molar-refractivity contribution in [3.63, 3.8) is 0 Å². The number of ether oxygens (including phenoxy) is 1. The fourth-order valence-electron chi connectivity index (χ4n) is 2.29. The largest absolute Gasteiger partial charge is 0.481 e. The van der Waals surface area contributed by atoms with Crippen LogP contribution in [0.25, 0.3) is 0 Å². The summed E-state index contributed by atoms with van der Waals surface area (Å²) in [6.45, 7) is 2.63. The second kappa shape index (κ2) is 4.66. The summed E-state index contributed by atoms with van der Waals surface area (Å²) in [5, 5.41) is 9.33. The molecule has 0 amide bonds. The topological polar surface area (TPSA) is 46.5 Å². The first-order valence-corrected chi connectivity index (χ1v) is 5.60. The Morgan fingerprint density at radius 1 is 1.50 bits per heavy atom. The normalized spacial score (nSPS) is 21.9. The molecule has 1 aliphatic heterocycles. The predicted octanol–water partition coefficient (Wildman–Crippen LogP) is 2.34. The van der Waals surface area contributed by atoms with Gasteiger partial charge in [0.15, 0.2) is 0 Å². The number of carboxylic acids is 1. The molecule has 0 saturated carbocycles. The molecule has 0 spiro atoms. The summed E-state index contributed by atoms with van der Waals surface area (Å²) in [5.74, 6) is -1.31. The van der Waals surface area contributed by atoms with Crippen LogP contribution in [0.4, 0.5) is 0 Å². The lowest BCUT2D eigenvalue weighted by molar-refractivity contribution is -0.141. The van der Waals surface area contributed by atoms with Crippen molar-refractivity contribution in [3.8, 4) is 0 Å². The average molecular weight is 220 g/mol. The number of carbonyl (C=O) groups is 1. The lowest BCUT2D eigenvalue weighted by atomic mass is 9.89. The summed E-state index contributed by atoms with van der Waals surface area (Å²) in [6.07, 6.45) is 1.63. The van der Waals surface area contributed by atoms with Crippen LogP contribution in [0.5, 0.6) is 0 Å². The number of rotatable bonds is 3. The maximum absolute atomic E-state index is 11.4. The van der Waals surface area contributed by atoms with E-state index >= 15 is 0 Å². The Bertz CT molecular complexity index is 381. The highest BCUT2D eigenvalue weighted by Gasteiger charge is 2.33. The van der Waals surface area contributed by atoms with Gasteiger partial charge in [0.05, 0.1) is 6.10 Å². The molecule has 0 radical (unpaired) electrons. The van der Waals surface area contributed by atoms with E-state index in [1.807, 2.05) is 31.2 Å². The molecule has 1 N–H and O–H groups in total.